The van der Waals surface area contributed by atoms with Gasteiger partial charge in [0.25, 0.3) is 10.0 Å². The van der Waals surface area contributed by atoms with Crippen LogP contribution in [0.1, 0.15) is 12.0 Å². The van der Waals surface area contributed by atoms with Gasteiger partial charge in [-0.25, -0.2) is 8.42 Å². The van der Waals surface area contributed by atoms with E-state index >= 15 is 0 Å². The van der Waals surface area contributed by atoms with Crippen molar-refractivity contribution in [1.82, 2.24) is 4.90 Å². The number of nitrogens with zero attached hydrogens (tertiary/aromatic N) is 1. The van der Waals surface area contributed by atoms with Crippen LogP contribution in [0.4, 0.5) is 18.9 Å². The quantitative estimate of drug-likeness (QED) is 0.514. The van der Waals surface area contributed by atoms with Crippen molar-refractivity contribution in [3.63, 3.8) is 0 Å². The van der Waals surface area contributed by atoms with Crippen LogP contribution in [0.2, 0.25) is 8.67 Å². The molecule has 2 aromatic rings. The third-order valence-electron chi connectivity index (χ3n) is 4.18. The zero-order valence-electron chi connectivity index (χ0n) is 14.7. The summed E-state index contributed by atoms with van der Waals surface area (Å²) in [6, 6.07) is 2.82. The Hall–Kier alpha value is -0.720. The summed E-state index contributed by atoms with van der Waals surface area (Å²) in [5, 5.41) is 0. The van der Waals surface area contributed by atoms with Crippen molar-refractivity contribution in [3.8, 4) is 5.75 Å². The highest BCUT2D eigenvalue weighted by atomic mass is 79.9. The number of thiophene rings is 1. The van der Waals surface area contributed by atoms with E-state index in [4.69, 9.17) is 27.9 Å². The number of nitrogens with one attached hydrogen (secondary N) is 1. The number of hydrogen-bond acceptors (Lipinski definition) is 5. The first-order valence-corrected chi connectivity index (χ1v) is 12.0. The van der Waals surface area contributed by atoms with Crippen molar-refractivity contribution < 1.29 is 26.3 Å². The van der Waals surface area contributed by atoms with Crippen LogP contribution in [-0.2, 0) is 16.2 Å². The Kier molecular flexibility index (Phi) is 6.67. The fourth-order valence-corrected chi connectivity index (χ4v) is 7.47. The van der Waals surface area contributed by atoms with Crippen LogP contribution >= 0.6 is 50.5 Å². The van der Waals surface area contributed by atoms with Crippen LogP contribution in [0.3, 0.4) is 0 Å². The molecule has 29 heavy (non-hydrogen) atoms. The van der Waals surface area contributed by atoms with Crippen molar-refractivity contribution >= 4 is 66.2 Å². The van der Waals surface area contributed by atoms with E-state index in [1.54, 1.807) is 0 Å². The van der Waals surface area contributed by atoms with Gasteiger partial charge < -0.3 is 9.64 Å². The van der Waals surface area contributed by atoms with Gasteiger partial charge in [-0.1, -0.05) is 23.2 Å². The summed E-state index contributed by atoms with van der Waals surface area (Å²) < 4.78 is 73.4. The minimum atomic E-state index is -4.65. The predicted octanol–water partition coefficient (Wildman–Crippen LogP) is 5.72. The molecule has 1 N–H and O–H groups in total. The predicted molar refractivity (Wildman–Crippen MR) is 111 cm³/mol. The number of likely N-dealkylation sites (N-methyl/N-ethyl adjacent to an activating group) is 1. The molecular formula is C16H14BrCl2F3N2O3S2. The van der Waals surface area contributed by atoms with Crippen molar-refractivity contribution in [2.75, 3.05) is 24.9 Å². The zero-order valence-corrected chi connectivity index (χ0v) is 19.4. The molecule has 160 valence electrons. The molecule has 0 spiro atoms. The topological polar surface area (TPSA) is 58.6 Å². The van der Waals surface area contributed by atoms with Gasteiger partial charge in [0.2, 0.25) is 0 Å². The van der Waals surface area contributed by atoms with Gasteiger partial charge in [0.1, 0.15) is 25.4 Å². The number of alkyl halides is 3. The standard InChI is InChI=1S/C16H14BrCl2F3N2O3S2/c1-24-5-4-9(7-24)27-11-6-8(2-3-10(11)16(20,21)22)23-29(25,26)13-12(17)14(18)28-15(13)19/h2-3,6,9,23H,4-5,7H2,1H3/t9-/m1/s1. The van der Waals surface area contributed by atoms with E-state index in [0.717, 1.165) is 29.5 Å². The SMILES string of the molecule is CN1CC[C@@H](Oc2cc(NS(=O)(=O)c3c(Cl)sc(Cl)c3Br)ccc2C(F)(F)F)C1. The molecule has 1 aliphatic rings. The number of ether oxygens (including phenoxy) is 1. The lowest BCUT2D eigenvalue weighted by atomic mass is 10.1. The van der Waals surface area contributed by atoms with E-state index in [1.807, 2.05) is 11.9 Å². The van der Waals surface area contributed by atoms with E-state index < -0.39 is 33.6 Å². The van der Waals surface area contributed by atoms with E-state index in [2.05, 4.69) is 20.7 Å². The lowest BCUT2D eigenvalue weighted by molar-refractivity contribution is -0.139. The average molecular weight is 554 g/mol. The Morgan fingerprint density at radius 3 is 2.52 bits per heavy atom. The van der Waals surface area contributed by atoms with Gasteiger partial charge in [0.15, 0.2) is 0 Å². The van der Waals surface area contributed by atoms with E-state index in [9.17, 15) is 21.6 Å². The molecule has 0 aliphatic carbocycles. The van der Waals surface area contributed by atoms with Gasteiger partial charge in [0.05, 0.1) is 15.7 Å². The summed E-state index contributed by atoms with van der Waals surface area (Å²) in [5.41, 5.74) is -1.07. The van der Waals surface area contributed by atoms with Crippen LogP contribution in [0.5, 0.6) is 5.75 Å². The van der Waals surface area contributed by atoms with Gasteiger partial charge in [0, 0.05) is 19.2 Å². The molecule has 0 saturated carbocycles. The molecule has 5 nitrogen and oxygen atoms in total. The molecular weight excluding hydrogens is 540 g/mol. The van der Waals surface area contributed by atoms with E-state index in [0.29, 0.717) is 19.5 Å². The number of likely N-dealkylation sites (tertiary alicyclic amines) is 1. The van der Waals surface area contributed by atoms with Crippen molar-refractivity contribution in [1.29, 1.82) is 0 Å². The molecule has 3 rings (SSSR count). The molecule has 1 saturated heterocycles. The summed E-state index contributed by atoms with van der Waals surface area (Å²) in [5.74, 6) is -0.438. The van der Waals surface area contributed by atoms with Crippen LogP contribution in [-0.4, -0.2) is 39.6 Å². The maximum Gasteiger partial charge on any atom is 0.419 e. The van der Waals surface area contributed by atoms with Crippen LogP contribution in [0.25, 0.3) is 0 Å². The third-order valence-corrected chi connectivity index (χ3v) is 9.02. The normalized spacial score (nSPS) is 18.2. The third kappa shape index (κ3) is 5.13. The number of sulfonamides is 1. The Morgan fingerprint density at radius 2 is 2.00 bits per heavy atom. The molecule has 1 aromatic carbocycles. The average Bonchev–Trinajstić information content (AvgIpc) is 3.08. The first-order chi connectivity index (χ1) is 13.4. The minimum absolute atomic E-state index is 0.0771. The van der Waals surface area contributed by atoms with Gasteiger partial charge in [-0.3, -0.25) is 4.72 Å². The molecule has 0 radical (unpaired) electrons. The fourth-order valence-electron chi connectivity index (χ4n) is 2.86. The van der Waals surface area contributed by atoms with Crippen molar-refractivity contribution in [3.05, 3.63) is 36.9 Å². The van der Waals surface area contributed by atoms with Gasteiger partial charge >= 0.3 is 6.18 Å². The highest BCUT2D eigenvalue weighted by molar-refractivity contribution is 9.10. The van der Waals surface area contributed by atoms with Gasteiger partial charge in [-0.05, 0) is 41.5 Å². The molecule has 0 unspecified atom stereocenters. The summed E-state index contributed by atoms with van der Waals surface area (Å²) in [4.78, 5) is 1.65. The largest absolute Gasteiger partial charge is 0.488 e. The minimum Gasteiger partial charge on any atom is -0.488 e. The summed E-state index contributed by atoms with van der Waals surface area (Å²) in [6.07, 6.45) is -4.50. The smallest absolute Gasteiger partial charge is 0.419 e. The van der Waals surface area contributed by atoms with E-state index in [-0.39, 0.29) is 23.7 Å². The number of benzene rings is 1. The Bertz CT molecular complexity index is 1030. The second-order valence-corrected chi connectivity index (χ2v) is 11.0. The Balaban J connectivity index is 1.94. The highest BCUT2D eigenvalue weighted by Gasteiger charge is 2.36. The lowest BCUT2D eigenvalue weighted by Gasteiger charge is -2.19. The summed E-state index contributed by atoms with van der Waals surface area (Å²) in [6.45, 7) is 1.17. The van der Waals surface area contributed by atoms with Crippen LogP contribution in [0.15, 0.2) is 27.6 Å². The molecule has 1 aliphatic heterocycles. The van der Waals surface area contributed by atoms with Crippen LogP contribution < -0.4 is 9.46 Å². The first-order valence-electron chi connectivity index (χ1n) is 8.11. The van der Waals surface area contributed by atoms with E-state index in [1.165, 1.54) is 0 Å². The second kappa shape index (κ2) is 8.43. The molecule has 1 atom stereocenters. The number of anilines is 1. The summed E-state index contributed by atoms with van der Waals surface area (Å²) in [7, 11) is -2.36. The Morgan fingerprint density at radius 1 is 1.31 bits per heavy atom. The van der Waals surface area contributed by atoms with Crippen LogP contribution in [0, 0.1) is 0 Å². The number of halogens is 6. The lowest BCUT2D eigenvalue weighted by Crippen LogP contribution is -2.23. The Labute approximate surface area is 187 Å². The maximum atomic E-state index is 13.4. The van der Waals surface area contributed by atoms with Crippen molar-refractivity contribution in [2.24, 2.45) is 0 Å². The maximum absolute atomic E-state index is 13.4. The molecule has 0 bridgehead atoms. The number of hydrogen-bond donors (Lipinski definition) is 1. The first kappa shape index (κ1) is 23.0. The highest BCUT2D eigenvalue weighted by Crippen LogP contribution is 2.44. The van der Waals surface area contributed by atoms with Gasteiger partial charge in [-0.2, -0.15) is 13.2 Å². The zero-order chi connectivity index (χ0) is 21.6. The summed E-state index contributed by atoms with van der Waals surface area (Å²) >= 11 is 15.8. The van der Waals surface area contributed by atoms with Gasteiger partial charge in [-0.15, -0.1) is 11.3 Å². The molecule has 1 aromatic heterocycles. The molecule has 13 heteroatoms. The van der Waals surface area contributed by atoms with Crippen molar-refractivity contribution in [2.45, 2.75) is 23.6 Å². The second-order valence-electron chi connectivity index (χ2n) is 6.40. The molecule has 2 heterocycles. The fraction of sp³-hybridized carbons (Fsp3) is 0.375. The number of rotatable bonds is 5. The molecule has 0 amide bonds. The monoisotopic (exact) mass is 552 g/mol. The molecule has 1 fully saturated rings.